The molecule has 1 saturated heterocycles. The molecule has 138 valence electrons. The molecular formula is C21H27N3O2. The molecule has 0 bridgehead atoms. The minimum atomic E-state index is 0.235. The average Bonchev–Trinajstić information content (AvgIpc) is 2.67. The first-order chi connectivity index (χ1) is 12.6. The van der Waals surface area contributed by atoms with E-state index in [0.29, 0.717) is 12.3 Å². The Hall–Kier alpha value is -2.56. The summed E-state index contributed by atoms with van der Waals surface area (Å²) in [5.74, 6) is 1.37. The molecule has 0 saturated carbocycles. The quantitative estimate of drug-likeness (QED) is 0.873. The molecule has 0 aliphatic carbocycles. The van der Waals surface area contributed by atoms with Gasteiger partial charge in [-0.1, -0.05) is 6.92 Å². The summed E-state index contributed by atoms with van der Waals surface area (Å²) >= 11 is 0. The van der Waals surface area contributed by atoms with Crippen LogP contribution in [0.4, 0.5) is 11.4 Å². The first-order valence-corrected chi connectivity index (χ1v) is 9.26. The largest absolute Gasteiger partial charge is 0.497 e. The summed E-state index contributed by atoms with van der Waals surface area (Å²) in [5, 5.41) is 3.44. The molecule has 1 amide bonds. The van der Waals surface area contributed by atoms with Crippen LogP contribution in [0, 0.1) is 6.92 Å². The number of carbonyl (C=O) groups is 1. The number of methoxy groups -OCH3 is 1. The number of piperidine rings is 1. The lowest BCUT2D eigenvalue weighted by Gasteiger charge is -2.32. The number of hydrogen-bond donors (Lipinski definition) is 1. The fraction of sp³-hybridized carbons (Fsp3) is 0.429. The van der Waals surface area contributed by atoms with Gasteiger partial charge in [0.2, 0.25) is 5.91 Å². The summed E-state index contributed by atoms with van der Waals surface area (Å²) < 4.78 is 5.21. The second-order valence-corrected chi connectivity index (χ2v) is 6.81. The van der Waals surface area contributed by atoms with Gasteiger partial charge in [-0.15, -0.1) is 0 Å². The Kier molecular flexibility index (Phi) is 5.76. The molecule has 1 N–H and O–H groups in total. The zero-order valence-electron chi connectivity index (χ0n) is 15.8. The van der Waals surface area contributed by atoms with Crippen LogP contribution in [0.1, 0.15) is 43.5 Å². The lowest BCUT2D eigenvalue weighted by atomic mass is 9.93. The van der Waals surface area contributed by atoms with E-state index in [2.05, 4.69) is 11.4 Å². The van der Waals surface area contributed by atoms with E-state index in [1.165, 1.54) is 0 Å². The third-order valence-corrected chi connectivity index (χ3v) is 4.85. The van der Waals surface area contributed by atoms with Crippen molar-refractivity contribution in [2.24, 2.45) is 0 Å². The van der Waals surface area contributed by atoms with Gasteiger partial charge in [0, 0.05) is 48.2 Å². The van der Waals surface area contributed by atoms with Gasteiger partial charge in [-0.2, -0.15) is 0 Å². The molecular weight excluding hydrogens is 326 g/mol. The van der Waals surface area contributed by atoms with Gasteiger partial charge >= 0.3 is 0 Å². The van der Waals surface area contributed by atoms with E-state index < -0.39 is 0 Å². The highest BCUT2D eigenvalue weighted by Crippen LogP contribution is 2.29. The van der Waals surface area contributed by atoms with E-state index in [-0.39, 0.29) is 5.91 Å². The fourth-order valence-corrected chi connectivity index (χ4v) is 3.49. The first-order valence-electron chi connectivity index (χ1n) is 9.26. The van der Waals surface area contributed by atoms with Gasteiger partial charge < -0.3 is 15.0 Å². The number of aromatic nitrogens is 1. The van der Waals surface area contributed by atoms with Crippen molar-refractivity contribution in [3.05, 3.63) is 47.8 Å². The third kappa shape index (κ3) is 4.34. The SMILES string of the molecule is CCC(=O)N1CCC[C@@H](c2cc(Nc3ccc(OC)cc3)cc(C)n2)C1. The van der Waals surface area contributed by atoms with Crippen molar-refractivity contribution < 1.29 is 9.53 Å². The number of benzene rings is 1. The van der Waals surface area contributed by atoms with Crippen molar-refractivity contribution in [3.8, 4) is 5.75 Å². The second kappa shape index (κ2) is 8.21. The number of nitrogens with zero attached hydrogens (tertiary/aromatic N) is 2. The van der Waals surface area contributed by atoms with E-state index in [4.69, 9.17) is 9.72 Å². The summed E-state index contributed by atoms with van der Waals surface area (Å²) in [6.07, 6.45) is 2.68. The summed E-state index contributed by atoms with van der Waals surface area (Å²) in [6.45, 7) is 5.57. The molecule has 5 nitrogen and oxygen atoms in total. The van der Waals surface area contributed by atoms with Gasteiger partial charge in [0.05, 0.1) is 7.11 Å². The number of hydrogen-bond acceptors (Lipinski definition) is 4. The molecule has 2 heterocycles. The lowest BCUT2D eigenvalue weighted by molar-refractivity contribution is -0.132. The summed E-state index contributed by atoms with van der Waals surface area (Å²) in [7, 11) is 1.66. The molecule has 26 heavy (non-hydrogen) atoms. The van der Waals surface area contributed by atoms with Crippen molar-refractivity contribution >= 4 is 17.3 Å². The molecule has 1 aliphatic rings. The molecule has 0 radical (unpaired) electrons. The van der Waals surface area contributed by atoms with Gasteiger partial charge in [0.25, 0.3) is 0 Å². The Morgan fingerprint density at radius 2 is 2.04 bits per heavy atom. The maximum Gasteiger partial charge on any atom is 0.222 e. The van der Waals surface area contributed by atoms with Crippen molar-refractivity contribution in [3.63, 3.8) is 0 Å². The Labute approximate surface area is 155 Å². The molecule has 0 unspecified atom stereocenters. The second-order valence-electron chi connectivity index (χ2n) is 6.81. The fourth-order valence-electron chi connectivity index (χ4n) is 3.49. The minimum absolute atomic E-state index is 0.235. The van der Waals surface area contributed by atoms with Crippen molar-refractivity contribution in [2.75, 3.05) is 25.5 Å². The molecule has 0 spiro atoms. The molecule has 1 aromatic carbocycles. The van der Waals surface area contributed by atoms with Crippen LogP contribution >= 0.6 is 0 Å². The van der Waals surface area contributed by atoms with Crippen molar-refractivity contribution in [1.29, 1.82) is 0 Å². The van der Waals surface area contributed by atoms with Crippen molar-refractivity contribution in [1.82, 2.24) is 9.88 Å². The average molecular weight is 353 g/mol. The Balaban J connectivity index is 1.77. The highest BCUT2D eigenvalue weighted by atomic mass is 16.5. The Bertz CT molecular complexity index is 758. The monoisotopic (exact) mass is 353 g/mol. The van der Waals surface area contributed by atoms with Gasteiger partial charge in [0.1, 0.15) is 5.75 Å². The number of aryl methyl sites for hydroxylation is 1. The minimum Gasteiger partial charge on any atom is -0.497 e. The van der Waals surface area contributed by atoms with Crippen LogP contribution in [-0.4, -0.2) is 36.0 Å². The zero-order valence-corrected chi connectivity index (χ0v) is 15.8. The molecule has 5 heteroatoms. The molecule has 1 fully saturated rings. The topological polar surface area (TPSA) is 54.5 Å². The number of ether oxygens (including phenoxy) is 1. The van der Waals surface area contributed by atoms with E-state index in [0.717, 1.165) is 54.4 Å². The van der Waals surface area contributed by atoms with Gasteiger partial charge in [-0.25, -0.2) is 0 Å². The predicted molar refractivity (Wildman–Crippen MR) is 104 cm³/mol. The summed E-state index contributed by atoms with van der Waals surface area (Å²) in [5.41, 5.74) is 4.08. The highest BCUT2D eigenvalue weighted by Gasteiger charge is 2.25. The van der Waals surface area contributed by atoms with Crippen LogP contribution in [0.3, 0.4) is 0 Å². The maximum absolute atomic E-state index is 12.1. The third-order valence-electron chi connectivity index (χ3n) is 4.85. The highest BCUT2D eigenvalue weighted by molar-refractivity contribution is 5.76. The zero-order chi connectivity index (χ0) is 18.5. The number of rotatable bonds is 5. The number of amides is 1. The van der Waals surface area contributed by atoms with Crippen LogP contribution < -0.4 is 10.1 Å². The maximum atomic E-state index is 12.1. The van der Waals surface area contributed by atoms with Crippen LogP contribution in [0.5, 0.6) is 5.75 Å². The van der Waals surface area contributed by atoms with Gasteiger partial charge in [0.15, 0.2) is 0 Å². The molecule has 1 atom stereocenters. The normalized spacial score (nSPS) is 17.0. The molecule has 1 aromatic heterocycles. The van der Waals surface area contributed by atoms with Gasteiger partial charge in [-0.3, -0.25) is 9.78 Å². The number of pyridine rings is 1. The van der Waals surface area contributed by atoms with Crippen LogP contribution in [-0.2, 0) is 4.79 Å². The molecule has 2 aromatic rings. The number of likely N-dealkylation sites (tertiary alicyclic amines) is 1. The van der Waals surface area contributed by atoms with Crippen LogP contribution in [0.2, 0.25) is 0 Å². The van der Waals surface area contributed by atoms with E-state index >= 15 is 0 Å². The number of carbonyl (C=O) groups excluding carboxylic acids is 1. The molecule has 3 rings (SSSR count). The van der Waals surface area contributed by atoms with E-state index in [1.807, 2.05) is 49.1 Å². The van der Waals surface area contributed by atoms with Crippen LogP contribution in [0.25, 0.3) is 0 Å². The molecule has 1 aliphatic heterocycles. The number of anilines is 2. The predicted octanol–water partition coefficient (Wildman–Crippen LogP) is 4.26. The lowest BCUT2D eigenvalue weighted by Crippen LogP contribution is -2.38. The standard InChI is InChI=1S/C21H27N3O2/c1-4-21(25)24-11-5-6-16(14-24)20-13-18(12-15(2)22-20)23-17-7-9-19(26-3)10-8-17/h7-10,12-13,16H,4-6,11,14H2,1-3H3,(H,22,23)/t16-/m1/s1. The first kappa shape index (κ1) is 18.2. The van der Waals surface area contributed by atoms with Crippen molar-refractivity contribution in [2.45, 2.75) is 39.0 Å². The van der Waals surface area contributed by atoms with Crippen LogP contribution in [0.15, 0.2) is 36.4 Å². The Morgan fingerprint density at radius 1 is 1.27 bits per heavy atom. The smallest absolute Gasteiger partial charge is 0.222 e. The van der Waals surface area contributed by atoms with Gasteiger partial charge in [-0.05, 0) is 56.2 Å². The summed E-state index contributed by atoms with van der Waals surface area (Å²) in [4.78, 5) is 18.8. The van der Waals surface area contributed by atoms with E-state index in [1.54, 1.807) is 7.11 Å². The summed E-state index contributed by atoms with van der Waals surface area (Å²) in [6, 6.07) is 12.0. The number of nitrogens with one attached hydrogen (secondary N) is 1. The Morgan fingerprint density at radius 3 is 2.73 bits per heavy atom. The van der Waals surface area contributed by atoms with E-state index in [9.17, 15) is 4.79 Å².